The molecular weight excluding hydrogens is 296 g/mol. The van der Waals surface area contributed by atoms with Crippen LogP contribution < -0.4 is 21.0 Å². The summed E-state index contributed by atoms with van der Waals surface area (Å²) in [6.45, 7) is 0. The van der Waals surface area contributed by atoms with Crippen molar-refractivity contribution in [2.75, 3.05) is 7.11 Å². The standard InChI is InChI=1S/C16H14N4O3/c1-23-13-7-2-4-9(14(13)21)8-12-15(22)18-16-17-10-5-3-6-11(10)19-20(12)16/h2,4-5,7-8,21H,3,6H2,1H3,(H,17,18,22)/b12-8-. The molecule has 1 aliphatic carbocycles. The summed E-state index contributed by atoms with van der Waals surface area (Å²) in [5.74, 6) is 0.713. The average molecular weight is 310 g/mol. The van der Waals surface area contributed by atoms with Gasteiger partial charge in [-0.2, -0.15) is 9.61 Å². The molecule has 0 spiro atoms. The zero-order chi connectivity index (χ0) is 16.0. The molecule has 0 unspecified atom stereocenters. The van der Waals surface area contributed by atoms with Crippen molar-refractivity contribution in [1.29, 1.82) is 0 Å². The lowest BCUT2D eigenvalue weighted by molar-refractivity contribution is 0.373. The highest BCUT2D eigenvalue weighted by atomic mass is 16.5. The van der Waals surface area contributed by atoms with Crippen LogP contribution in [-0.2, 0) is 6.42 Å². The predicted molar refractivity (Wildman–Crippen MR) is 83.9 cm³/mol. The van der Waals surface area contributed by atoms with E-state index in [2.05, 4.69) is 15.1 Å². The SMILES string of the molecule is COc1cccc(/C=c2/c(=O)[nH]c3nc4c(nn23)CCC=4)c1O. The van der Waals surface area contributed by atoms with Gasteiger partial charge in [0.2, 0.25) is 5.78 Å². The number of fused-ring (bicyclic) bond motifs is 2. The number of nitrogens with one attached hydrogen (secondary N) is 1. The molecule has 7 heteroatoms. The summed E-state index contributed by atoms with van der Waals surface area (Å²) in [4.78, 5) is 19.3. The Hall–Kier alpha value is -3.09. The van der Waals surface area contributed by atoms with Gasteiger partial charge in [0.05, 0.1) is 18.2 Å². The molecule has 2 aromatic heterocycles. The molecule has 1 aliphatic rings. The molecule has 7 nitrogen and oxygen atoms in total. The van der Waals surface area contributed by atoms with Gasteiger partial charge < -0.3 is 9.84 Å². The van der Waals surface area contributed by atoms with Crippen molar-refractivity contribution in [3.63, 3.8) is 0 Å². The summed E-state index contributed by atoms with van der Waals surface area (Å²) in [5, 5.41) is 15.8. The van der Waals surface area contributed by atoms with Crippen LogP contribution in [0.5, 0.6) is 11.5 Å². The Balaban J connectivity index is 2.01. The van der Waals surface area contributed by atoms with Crippen molar-refractivity contribution in [3.05, 3.63) is 50.5 Å². The lowest BCUT2D eigenvalue weighted by Crippen LogP contribution is -2.28. The number of methoxy groups -OCH3 is 1. The van der Waals surface area contributed by atoms with E-state index in [9.17, 15) is 9.90 Å². The Labute approximate surface area is 130 Å². The van der Waals surface area contributed by atoms with Crippen molar-refractivity contribution >= 4 is 17.9 Å². The van der Waals surface area contributed by atoms with Gasteiger partial charge in [-0.1, -0.05) is 18.2 Å². The van der Waals surface area contributed by atoms with Crippen molar-refractivity contribution in [3.8, 4) is 11.5 Å². The molecule has 0 amide bonds. The molecule has 0 fully saturated rings. The minimum atomic E-state index is -0.309. The fourth-order valence-electron chi connectivity index (χ4n) is 2.74. The number of hydrogen-bond donors (Lipinski definition) is 2. The van der Waals surface area contributed by atoms with E-state index in [1.54, 1.807) is 24.3 Å². The average Bonchev–Trinajstić information content (AvgIpc) is 3.11. The summed E-state index contributed by atoms with van der Waals surface area (Å²) in [5.41, 5.74) is 1.03. The monoisotopic (exact) mass is 310 g/mol. The van der Waals surface area contributed by atoms with Crippen LogP contribution in [0.25, 0.3) is 17.9 Å². The number of benzene rings is 1. The molecule has 3 aromatic rings. The van der Waals surface area contributed by atoms with Gasteiger partial charge in [-0.05, 0) is 25.0 Å². The van der Waals surface area contributed by atoms with Gasteiger partial charge in [-0.25, -0.2) is 4.98 Å². The molecule has 1 aromatic carbocycles. The molecule has 0 bridgehead atoms. The zero-order valence-corrected chi connectivity index (χ0v) is 12.4. The summed E-state index contributed by atoms with van der Waals surface area (Å²) in [6.07, 6.45) is 5.30. The van der Waals surface area contributed by atoms with Gasteiger partial charge in [0.15, 0.2) is 11.5 Å². The number of phenols is 1. The van der Waals surface area contributed by atoms with Gasteiger partial charge in [0, 0.05) is 5.56 Å². The lowest BCUT2D eigenvalue weighted by Gasteiger charge is -2.04. The number of hydrogen-bond acceptors (Lipinski definition) is 5. The third kappa shape index (κ3) is 2.09. The van der Waals surface area contributed by atoms with Crippen molar-refractivity contribution in [1.82, 2.24) is 19.6 Å². The highest BCUT2D eigenvalue weighted by Gasteiger charge is 2.12. The summed E-state index contributed by atoms with van der Waals surface area (Å²) in [6, 6.07) is 5.09. The first-order valence-corrected chi connectivity index (χ1v) is 7.23. The number of H-pyrrole nitrogens is 1. The van der Waals surface area contributed by atoms with Crippen LogP contribution in [0.15, 0.2) is 23.0 Å². The molecule has 2 N–H and O–H groups in total. The summed E-state index contributed by atoms with van der Waals surface area (Å²) >= 11 is 0. The number of aromatic amines is 1. The molecular formula is C16H14N4O3. The number of nitrogens with zero attached hydrogens (tertiary/aromatic N) is 3. The summed E-state index contributed by atoms with van der Waals surface area (Å²) < 4.78 is 6.57. The first-order valence-electron chi connectivity index (χ1n) is 7.23. The molecule has 4 rings (SSSR count). The number of phenolic OH excluding ortho intramolecular Hbond substituents is 1. The topological polar surface area (TPSA) is 92.5 Å². The zero-order valence-electron chi connectivity index (χ0n) is 12.4. The molecule has 0 atom stereocenters. The van der Waals surface area contributed by atoms with Gasteiger partial charge in [-0.3, -0.25) is 9.78 Å². The van der Waals surface area contributed by atoms with E-state index < -0.39 is 0 Å². The molecule has 116 valence electrons. The van der Waals surface area contributed by atoms with E-state index in [4.69, 9.17) is 4.74 Å². The molecule has 2 heterocycles. The van der Waals surface area contributed by atoms with Crippen LogP contribution in [-0.4, -0.2) is 31.8 Å². The first-order chi connectivity index (χ1) is 11.2. The molecule has 23 heavy (non-hydrogen) atoms. The quantitative estimate of drug-likeness (QED) is 0.677. The van der Waals surface area contributed by atoms with E-state index in [0.717, 1.165) is 23.9 Å². The third-order valence-corrected chi connectivity index (χ3v) is 3.89. The van der Waals surface area contributed by atoms with E-state index in [1.165, 1.54) is 11.6 Å². The number of ether oxygens (including phenoxy) is 1. The van der Waals surface area contributed by atoms with Crippen LogP contribution in [0.4, 0.5) is 0 Å². The second kappa shape index (κ2) is 4.98. The van der Waals surface area contributed by atoms with E-state index in [-0.39, 0.29) is 11.3 Å². The molecule has 0 saturated heterocycles. The number of imidazole rings is 1. The maximum absolute atomic E-state index is 12.2. The van der Waals surface area contributed by atoms with Crippen molar-refractivity contribution in [2.45, 2.75) is 12.8 Å². The van der Waals surface area contributed by atoms with Crippen molar-refractivity contribution in [2.24, 2.45) is 0 Å². The Morgan fingerprint density at radius 3 is 3.13 bits per heavy atom. The maximum atomic E-state index is 12.2. The number of rotatable bonds is 2. The number of aryl methyl sites for hydroxylation is 1. The second-order valence-corrected chi connectivity index (χ2v) is 5.30. The highest BCUT2D eigenvalue weighted by molar-refractivity contribution is 5.61. The Kier molecular flexibility index (Phi) is 2.94. The lowest BCUT2D eigenvalue weighted by atomic mass is 10.1. The fourth-order valence-corrected chi connectivity index (χ4v) is 2.74. The van der Waals surface area contributed by atoms with Crippen molar-refractivity contribution < 1.29 is 9.84 Å². The van der Waals surface area contributed by atoms with Crippen LogP contribution in [0, 0.1) is 0 Å². The number of aromatic nitrogens is 4. The van der Waals surface area contributed by atoms with Gasteiger partial charge in [-0.15, -0.1) is 0 Å². The summed E-state index contributed by atoms with van der Waals surface area (Å²) in [7, 11) is 1.48. The smallest absolute Gasteiger partial charge is 0.276 e. The Morgan fingerprint density at radius 2 is 2.30 bits per heavy atom. The maximum Gasteiger partial charge on any atom is 0.276 e. The second-order valence-electron chi connectivity index (χ2n) is 5.30. The van der Waals surface area contributed by atoms with Crippen LogP contribution in [0.3, 0.4) is 0 Å². The van der Waals surface area contributed by atoms with Gasteiger partial charge >= 0.3 is 0 Å². The van der Waals surface area contributed by atoms with E-state index >= 15 is 0 Å². The minimum absolute atomic E-state index is 0.0215. The van der Waals surface area contributed by atoms with Gasteiger partial charge in [0.25, 0.3) is 5.56 Å². The fraction of sp³-hybridized carbons (Fsp3) is 0.188. The van der Waals surface area contributed by atoms with Crippen LogP contribution in [0.2, 0.25) is 0 Å². The largest absolute Gasteiger partial charge is 0.504 e. The van der Waals surface area contributed by atoms with E-state index in [1.807, 2.05) is 6.08 Å². The highest BCUT2D eigenvalue weighted by Crippen LogP contribution is 2.29. The van der Waals surface area contributed by atoms with E-state index in [0.29, 0.717) is 22.4 Å². The first kappa shape index (κ1) is 13.6. The third-order valence-electron chi connectivity index (χ3n) is 3.89. The predicted octanol–water partition coefficient (Wildman–Crippen LogP) is -0.313. The minimum Gasteiger partial charge on any atom is -0.504 e. The number of aromatic hydroxyl groups is 1. The number of para-hydroxylation sites is 1. The molecule has 0 saturated carbocycles. The molecule has 0 aliphatic heterocycles. The Morgan fingerprint density at radius 1 is 1.43 bits per heavy atom. The normalized spacial score (nSPS) is 14.0. The van der Waals surface area contributed by atoms with Gasteiger partial charge in [0.1, 0.15) is 5.35 Å². The van der Waals surface area contributed by atoms with Crippen LogP contribution in [0.1, 0.15) is 17.7 Å². The van der Waals surface area contributed by atoms with Crippen LogP contribution >= 0.6 is 0 Å². The molecule has 0 radical (unpaired) electrons. The Bertz CT molecular complexity index is 1090.